The van der Waals surface area contributed by atoms with E-state index < -0.39 is 0 Å². The van der Waals surface area contributed by atoms with E-state index in [9.17, 15) is 0 Å². The fourth-order valence-corrected chi connectivity index (χ4v) is 1.30. The highest BCUT2D eigenvalue weighted by molar-refractivity contribution is 5.33. The minimum Gasteiger partial charge on any atom is -0.383 e. The third-order valence-electron chi connectivity index (χ3n) is 2.62. The molecule has 0 aliphatic heterocycles. The Morgan fingerprint density at radius 1 is 1.44 bits per heavy atom. The topological polar surface area (TPSA) is 48.3 Å². The molecule has 0 saturated heterocycles. The predicted octanol–water partition coefficient (Wildman–Crippen LogP) is 1.36. The summed E-state index contributed by atoms with van der Waals surface area (Å²) >= 11 is 0. The SMILES string of the molecule is COCCn1ccc(NC(C)C(C)OC)n1. The van der Waals surface area contributed by atoms with Crippen LogP contribution in [-0.4, -0.2) is 42.8 Å². The number of hydrogen-bond acceptors (Lipinski definition) is 4. The fraction of sp³-hybridized carbons (Fsp3) is 0.727. The average molecular weight is 227 g/mol. The predicted molar refractivity (Wildman–Crippen MR) is 63.7 cm³/mol. The summed E-state index contributed by atoms with van der Waals surface area (Å²) in [7, 11) is 3.39. The Morgan fingerprint density at radius 2 is 2.19 bits per heavy atom. The van der Waals surface area contributed by atoms with Gasteiger partial charge in [-0.3, -0.25) is 4.68 Å². The number of methoxy groups -OCH3 is 2. The lowest BCUT2D eigenvalue weighted by Gasteiger charge is -2.19. The van der Waals surface area contributed by atoms with Gasteiger partial charge in [0.15, 0.2) is 0 Å². The first-order valence-electron chi connectivity index (χ1n) is 5.49. The summed E-state index contributed by atoms with van der Waals surface area (Å²) in [6.07, 6.45) is 2.09. The van der Waals surface area contributed by atoms with Gasteiger partial charge in [0, 0.05) is 26.5 Å². The highest BCUT2D eigenvalue weighted by Gasteiger charge is 2.11. The van der Waals surface area contributed by atoms with E-state index in [1.165, 1.54) is 0 Å². The van der Waals surface area contributed by atoms with Crippen LogP contribution < -0.4 is 5.32 Å². The van der Waals surface area contributed by atoms with E-state index in [0.29, 0.717) is 6.61 Å². The molecule has 0 aliphatic carbocycles. The Hall–Kier alpha value is -1.07. The van der Waals surface area contributed by atoms with Gasteiger partial charge in [0.1, 0.15) is 5.82 Å². The van der Waals surface area contributed by atoms with E-state index >= 15 is 0 Å². The van der Waals surface area contributed by atoms with Crippen LogP contribution in [0, 0.1) is 0 Å². The first kappa shape index (κ1) is 13.0. The molecular weight excluding hydrogens is 206 g/mol. The Morgan fingerprint density at radius 3 is 2.81 bits per heavy atom. The zero-order chi connectivity index (χ0) is 12.0. The molecule has 0 aromatic carbocycles. The number of anilines is 1. The van der Waals surface area contributed by atoms with Crippen molar-refractivity contribution in [2.45, 2.75) is 32.5 Å². The fourth-order valence-electron chi connectivity index (χ4n) is 1.30. The quantitative estimate of drug-likeness (QED) is 0.764. The standard InChI is InChI=1S/C11H21N3O2/c1-9(10(2)16-4)12-11-5-6-14(13-11)7-8-15-3/h5-6,9-10H,7-8H2,1-4H3,(H,12,13). The molecule has 5 nitrogen and oxygen atoms in total. The maximum atomic E-state index is 5.24. The number of hydrogen-bond donors (Lipinski definition) is 1. The molecule has 16 heavy (non-hydrogen) atoms. The molecular formula is C11H21N3O2. The largest absolute Gasteiger partial charge is 0.383 e. The number of rotatable bonds is 7. The van der Waals surface area contributed by atoms with Gasteiger partial charge in [0.05, 0.1) is 25.3 Å². The summed E-state index contributed by atoms with van der Waals surface area (Å²) in [5.74, 6) is 0.868. The lowest BCUT2D eigenvalue weighted by Crippen LogP contribution is -2.29. The molecule has 1 aromatic heterocycles. The molecule has 0 fully saturated rings. The molecule has 0 spiro atoms. The van der Waals surface area contributed by atoms with Crippen molar-refractivity contribution in [3.05, 3.63) is 12.3 Å². The second-order valence-corrected chi connectivity index (χ2v) is 3.83. The summed E-state index contributed by atoms with van der Waals surface area (Å²) in [5, 5.41) is 7.67. The average Bonchev–Trinajstić information content (AvgIpc) is 2.72. The van der Waals surface area contributed by atoms with Gasteiger partial charge in [-0.25, -0.2) is 0 Å². The number of nitrogens with one attached hydrogen (secondary N) is 1. The summed E-state index contributed by atoms with van der Waals surface area (Å²) < 4.78 is 12.1. The molecule has 1 rings (SSSR count). The van der Waals surface area contributed by atoms with Crippen LogP contribution in [0.1, 0.15) is 13.8 Å². The van der Waals surface area contributed by atoms with Gasteiger partial charge in [0.25, 0.3) is 0 Å². The Kier molecular flexibility index (Phi) is 5.28. The van der Waals surface area contributed by atoms with Crippen LogP contribution in [0.5, 0.6) is 0 Å². The van der Waals surface area contributed by atoms with Crippen molar-refractivity contribution < 1.29 is 9.47 Å². The van der Waals surface area contributed by atoms with E-state index in [1.54, 1.807) is 14.2 Å². The van der Waals surface area contributed by atoms with Crippen LogP contribution in [0.15, 0.2) is 12.3 Å². The smallest absolute Gasteiger partial charge is 0.148 e. The minimum absolute atomic E-state index is 0.157. The molecule has 5 heteroatoms. The first-order chi connectivity index (χ1) is 7.67. The van der Waals surface area contributed by atoms with Crippen molar-refractivity contribution >= 4 is 5.82 Å². The maximum absolute atomic E-state index is 5.24. The van der Waals surface area contributed by atoms with Gasteiger partial charge in [0.2, 0.25) is 0 Å². The molecule has 1 aromatic rings. The number of nitrogens with zero attached hydrogens (tertiary/aromatic N) is 2. The summed E-state index contributed by atoms with van der Waals surface area (Å²) in [5.41, 5.74) is 0. The molecule has 1 N–H and O–H groups in total. The summed E-state index contributed by atoms with van der Waals surface area (Å²) in [6, 6.07) is 2.19. The third-order valence-corrected chi connectivity index (χ3v) is 2.62. The lowest BCUT2D eigenvalue weighted by molar-refractivity contribution is 0.106. The molecule has 2 atom stereocenters. The minimum atomic E-state index is 0.157. The number of ether oxygens (including phenoxy) is 2. The van der Waals surface area contributed by atoms with Crippen molar-refractivity contribution in [2.24, 2.45) is 0 Å². The molecule has 0 aliphatic rings. The molecule has 2 unspecified atom stereocenters. The van der Waals surface area contributed by atoms with Crippen LogP contribution in [0.25, 0.3) is 0 Å². The van der Waals surface area contributed by atoms with E-state index in [0.717, 1.165) is 12.4 Å². The zero-order valence-electron chi connectivity index (χ0n) is 10.4. The van der Waals surface area contributed by atoms with Gasteiger partial charge in [-0.05, 0) is 13.8 Å². The van der Waals surface area contributed by atoms with Crippen LogP contribution in [0.2, 0.25) is 0 Å². The maximum Gasteiger partial charge on any atom is 0.148 e. The highest BCUT2D eigenvalue weighted by Crippen LogP contribution is 2.07. The Balaban J connectivity index is 2.45. The first-order valence-corrected chi connectivity index (χ1v) is 5.49. The second-order valence-electron chi connectivity index (χ2n) is 3.83. The van der Waals surface area contributed by atoms with E-state index in [1.807, 2.05) is 23.9 Å². The molecule has 0 bridgehead atoms. The monoisotopic (exact) mass is 227 g/mol. The molecule has 1 heterocycles. The normalized spacial score (nSPS) is 14.8. The van der Waals surface area contributed by atoms with E-state index in [4.69, 9.17) is 9.47 Å². The van der Waals surface area contributed by atoms with Gasteiger partial charge in [-0.15, -0.1) is 0 Å². The van der Waals surface area contributed by atoms with Crippen LogP contribution in [-0.2, 0) is 16.0 Å². The van der Waals surface area contributed by atoms with Gasteiger partial charge in [-0.1, -0.05) is 0 Å². The zero-order valence-corrected chi connectivity index (χ0v) is 10.4. The van der Waals surface area contributed by atoms with Crippen molar-refractivity contribution in [2.75, 3.05) is 26.1 Å². The lowest BCUT2D eigenvalue weighted by atomic mass is 10.2. The Labute approximate surface area is 96.7 Å². The van der Waals surface area contributed by atoms with Crippen LogP contribution in [0.4, 0.5) is 5.82 Å². The highest BCUT2D eigenvalue weighted by atomic mass is 16.5. The van der Waals surface area contributed by atoms with E-state index in [-0.39, 0.29) is 12.1 Å². The number of aromatic nitrogens is 2. The van der Waals surface area contributed by atoms with Gasteiger partial charge >= 0.3 is 0 Å². The van der Waals surface area contributed by atoms with Crippen LogP contribution in [0.3, 0.4) is 0 Å². The molecule has 0 radical (unpaired) electrons. The second kappa shape index (κ2) is 6.50. The molecule has 0 amide bonds. The van der Waals surface area contributed by atoms with Crippen molar-refractivity contribution in [1.82, 2.24) is 9.78 Å². The van der Waals surface area contributed by atoms with Crippen molar-refractivity contribution in [3.63, 3.8) is 0 Å². The molecule has 0 saturated carbocycles. The van der Waals surface area contributed by atoms with Crippen LogP contribution >= 0.6 is 0 Å². The summed E-state index contributed by atoms with van der Waals surface area (Å²) in [4.78, 5) is 0. The summed E-state index contributed by atoms with van der Waals surface area (Å²) in [6.45, 7) is 5.54. The van der Waals surface area contributed by atoms with Crippen molar-refractivity contribution in [3.8, 4) is 0 Å². The van der Waals surface area contributed by atoms with Gasteiger partial charge < -0.3 is 14.8 Å². The van der Waals surface area contributed by atoms with E-state index in [2.05, 4.69) is 17.3 Å². The third kappa shape index (κ3) is 3.83. The Bertz CT molecular complexity index is 301. The molecule has 92 valence electrons. The van der Waals surface area contributed by atoms with Gasteiger partial charge in [-0.2, -0.15) is 5.10 Å². The van der Waals surface area contributed by atoms with Crippen molar-refractivity contribution in [1.29, 1.82) is 0 Å².